The summed E-state index contributed by atoms with van der Waals surface area (Å²) < 4.78 is 10.7. The summed E-state index contributed by atoms with van der Waals surface area (Å²) in [5.74, 6) is 1.29. The van der Waals surface area contributed by atoms with Crippen LogP contribution in [-0.4, -0.2) is 35.4 Å². The number of nitrogens with zero attached hydrogens (tertiary/aromatic N) is 2. The summed E-state index contributed by atoms with van der Waals surface area (Å²) in [7, 11) is 3.21. The van der Waals surface area contributed by atoms with E-state index in [0.717, 1.165) is 23.3 Å². The maximum atomic E-state index is 12.6. The Labute approximate surface area is 163 Å². The molecule has 7 heteroatoms. The van der Waals surface area contributed by atoms with Crippen LogP contribution in [0.2, 0.25) is 0 Å². The van der Waals surface area contributed by atoms with Crippen LogP contribution in [0.3, 0.4) is 0 Å². The van der Waals surface area contributed by atoms with Crippen molar-refractivity contribution in [1.29, 1.82) is 0 Å². The van der Waals surface area contributed by atoms with E-state index in [0.29, 0.717) is 23.7 Å². The van der Waals surface area contributed by atoms with Crippen molar-refractivity contribution < 1.29 is 14.3 Å². The molecule has 1 aliphatic heterocycles. The number of hydrogen-bond acceptors (Lipinski definition) is 6. The number of rotatable bonds is 6. The third-order valence-electron chi connectivity index (χ3n) is 4.32. The summed E-state index contributed by atoms with van der Waals surface area (Å²) in [5.41, 5.74) is 9.22. The van der Waals surface area contributed by atoms with E-state index in [9.17, 15) is 4.79 Å². The number of hydrazone groups is 1. The summed E-state index contributed by atoms with van der Waals surface area (Å²) in [4.78, 5) is 12.6. The highest BCUT2D eigenvalue weighted by molar-refractivity contribution is 8.14. The predicted molar refractivity (Wildman–Crippen MR) is 110 cm³/mol. The van der Waals surface area contributed by atoms with Crippen molar-refractivity contribution in [1.82, 2.24) is 5.01 Å². The van der Waals surface area contributed by atoms with E-state index in [2.05, 4.69) is 12.0 Å². The zero-order valence-electron chi connectivity index (χ0n) is 15.6. The molecule has 2 aromatic rings. The van der Waals surface area contributed by atoms with Crippen LogP contribution in [-0.2, 0) is 6.54 Å². The SMILES string of the molecule is CCC1SC(=O)N(Cc2cccc(N)c2)N=C1c1ccc(OC)c(OC)c1. The fraction of sp³-hybridized carbons (Fsp3) is 0.300. The molecule has 1 unspecified atom stereocenters. The molecule has 0 saturated carbocycles. The van der Waals surface area contributed by atoms with Gasteiger partial charge in [0.05, 0.1) is 31.7 Å². The minimum Gasteiger partial charge on any atom is -0.493 e. The molecule has 2 aromatic carbocycles. The molecule has 0 aromatic heterocycles. The number of nitrogens with two attached hydrogens (primary N) is 1. The summed E-state index contributed by atoms with van der Waals surface area (Å²) in [6.07, 6.45) is 0.801. The summed E-state index contributed by atoms with van der Waals surface area (Å²) in [6.45, 7) is 2.43. The first-order chi connectivity index (χ1) is 13.0. The van der Waals surface area contributed by atoms with Gasteiger partial charge in [-0.05, 0) is 42.3 Å². The number of ether oxygens (including phenoxy) is 2. The van der Waals surface area contributed by atoms with Gasteiger partial charge in [0.25, 0.3) is 0 Å². The number of methoxy groups -OCH3 is 2. The molecule has 1 atom stereocenters. The highest BCUT2D eigenvalue weighted by Crippen LogP contribution is 2.33. The Morgan fingerprint density at radius 3 is 2.59 bits per heavy atom. The molecule has 1 amide bonds. The molecule has 0 spiro atoms. The van der Waals surface area contributed by atoms with Gasteiger partial charge in [-0.15, -0.1) is 0 Å². The molecule has 1 heterocycles. The molecule has 2 N–H and O–H groups in total. The van der Waals surface area contributed by atoms with E-state index in [1.165, 1.54) is 16.8 Å². The van der Waals surface area contributed by atoms with E-state index in [-0.39, 0.29) is 10.5 Å². The third-order valence-corrected chi connectivity index (χ3v) is 5.57. The molecular formula is C20H23N3O3S. The Hall–Kier alpha value is -2.67. The standard InChI is InChI=1S/C20H23N3O3S/c1-4-18-19(14-8-9-16(25-2)17(11-14)26-3)22-23(20(24)27-18)12-13-6-5-7-15(21)10-13/h5-11,18H,4,12,21H2,1-3H3. The molecule has 0 bridgehead atoms. The maximum Gasteiger partial charge on any atom is 0.302 e. The number of anilines is 1. The topological polar surface area (TPSA) is 77.2 Å². The first-order valence-electron chi connectivity index (χ1n) is 8.69. The Morgan fingerprint density at radius 1 is 1.15 bits per heavy atom. The molecule has 0 aliphatic carbocycles. The lowest BCUT2D eigenvalue weighted by molar-refractivity contribution is 0.222. The van der Waals surface area contributed by atoms with Crippen LogP contribution in [0.15, 0.2) is 47.6 Å². The number of hydrogen-bond donors (Lipinski definition) is 1. The highest BCUT2D eigenvalue weighted by atomic mass is 32.2. The average Bonchev–Trinajstić information content (AvgIpc) is 2.68. The smallest absolute Gasteiger partial charge is 0.302 e. The van der Waals surface area contributed by atoms with E-state index in [1.54, 1.807) is 14.2 Å². The van der Waals surface area contributed by atoms with Gasteiger partial charge in [-0.25, -0.2) is 5.01 Å². The van der Waals surface area contributed by atoms with Crippen molar-refractivity contribution in [3.8, 4) is 11.5 Å². The van der Waals surface area contributed by atoms with E-state index < -0.39 is 0 Å². The molecule has 0 saturated heterocycles. The third kappa shape index (κ3) is 4.19. The van der Waals surface area contributed by atoms with E-state index in [4.69, 9.17) is 15.2 Å². The zero-order valence-corrected chi connectivity index (χ0v) is 16.5. The first-order valence-corrected chi connectivity index (χ1v) is 9.57. The molecule has 0 fully saturated rings. The lowest BCUT2D eigenvalue weighted by atomic mass is 10.0. The molecule has 27 heavy (non-hydrogen) atoms. The first kappa shape index (κ1) is 19.1. The minimum atomic E-state index is -0.0616. The number of amides is 1. The second kappa shape index (κ2) is 8.35. The van der Waals surface area contributed by atoms with Crippen molar-refractivity contribution in [2.24, 2.45) is 5.10 Å². The molecule has 3 rings (SSSR count). The van der Waals surface area contributed by atoms with Gasteiger partial charge < -0.3 is 15.2 Å². The molecule has 1 aliphatic rings. The highest BCUT2D eigenvalue weighted by Gasteiger charge is 2.30. The van der Waals surface area contributed by atoms with Gasteiger partial charge in [0.15, 0.2) is 11.5 Å². The number of carbonyl (C=O) groups excluding carboxylic acids is 1. The number of benzene rings is 2. The normalized spacial score (nSPS) is 16.9. The Bertz CT molecular complexity index is 869. The van der Waals surface area contributed by atoms with Crippen LogP contribution in [0.25, 0.3) is 0 Å². The second-order valence-electron chi connectivity index (χ2n) is 6.14. The quantitative estimate of drug-likeness (QED) is 0.756. The number of carbonyl (C=O) groups is 1. The van der Waals surface area contributed by atoms with Crippen LogP contribution in [0, 0.1) is 0 Å². The fourth-order valence-electron chi connectivity index (χ4n) is 2.95. The lowest BCUT2D eigenvalue weighted by Crippen LogP contribution is -2.34. The average molecular weight is 385 g/mol. The minimum absolute atomic E-state index is 0.00676. The lowest BCUT2D eigenvalue weighted by Gasteiger charge is -2.28. The van der Waals surface area contributed by atoms with Gasteiger partial charge in [0.2, 0.25) is 0 Å². The molecular weight excluding hydrogens is 362 g/mol. The Kier molecular flexibility index (Phi) is 5.91. The van der Waals surface area contributed by atoms with Gasteiger partial charge in [-0.1, -0.05) is 30.8 Å². The van der Waals surface area contributed by atoms with Gasteiger partial charge in [-0.2, -0.15) is 5.10 Å². The maximum absolute atomic E-state index is 12.6. The van der Waals surface area contributed by atoms with Gasteiger partial charge >= 0.3 is 5.24 Å². The van der Waals surface area contributed by atoms with Gasteiger partial charge in [0.1, 0.15) is 0 Å². The molecule has 142 valence electrons. The van der Waals surface area contributed by atoms with E-state index >= 15 is 0 Å². The van der Waals surface area contributed by atoms with Crippen LogP contribution in [0.5, 0.6) is 11.5 Å². The number of thioether (sulfide) groups is 1. The van der Waals surface area contributed by atoms with Crippen LogP contribution in [0.1, 0.15) is 24.5 Å². The van der Waals surface area contributed by atoms with Gasteiger partial charge in [-0.3, -0.25) is 4.79 Å². The van der Waals surface area contributed by atoms with Crippen molar-refractivity contribution in [3.05, 3.63) is 53.6 Å². The van der Waals surface area contributed by atoms with Crippen molar-refractivity contribution in [3.63, 3.8) is 0 Å². The summed E-state index contributed by atoms with van der Waals surface area (Å²) in [6, 6.07) is 13.2. The second-order valence-corrected chi connectivity index (χ2v) is 7.29. The van der Waals surface area contributed by atoms with E-state index in [1.807, 2.05) is 42.5 Å². The van der Waals surface area contributed by atoms with Crippen molar-refractivity contribution in [2.45, 2.75) is 25.1 Å². The monoisotopic (exact) mass is 385 g/mol. The summed E-state index contributed by atoms with van der Waals surface area (Å²) >= 11 is 1.30. The van der Waals surface area contributed by atoms with Crippen LogP contribution in [0.4, 0.5) is 10.5 Å². The fourth-order valence-corrected chi connectivity index (χ4v) is 3.89. The van der Waals surface area contributed by atoms with Crippen LogP contribution < -0.4 is 15.2 Å². The van der Waals surface area contributed by atoms with Crippen LogP contribution >= 0.6 is 11.8 Å². The van der Waals surface area contributed by atoms with Crippen molar-refractivity contribution >= 4 is 28.4 Å². The zero-order chi connectivity index (χ0) is 19.4. The van der Waals surface area contributed by atoms with Gasteiger partial charge in [0, 0.05) is 11.3 Å². The summed E-state index contributed by atoms with van der Waals surface area (Å²) in [5, 5.41) is 6.11. The largest absolute Gasteiger partial charge is 0.493 e. The van der Waals surface area contributed by atoms with Crippen molar-refractivity contribution in [2.75, 3.05) is 20.0 Å². The number of nitrogen functional groups attached to an aromatic ring is 1. The Balaban J connectivity index is 1.96. The molecule has 6 nitrogen and oxygen atoms in total. The Morgan fingerprint density at radius 2 is 1.93 bits per heavy atom. The predicted octanol–water partition coefficient (Wildman–Crippen LogP) is 4.14. The molecule has 0 radical (unpaired) electrons.